The number of aryl methyl sites for hydroxylation is 1. The number of nitrogens with zero attached hydrogens (tertiary/aromatic N) is 5. The number of hydrogen-bond acceptors (Lipinski definition) is 5. The third-order valence-electron chi connectivity index (χ3n) is 11.0. The quantitative estimate of drug-likeness (QED) is 0.312. The molecule has 6 heterocycles. The maximum Gasteiger partial charge on any atom is 0.255 e. The molecule has 0 unspecified atom stereocenters. The molecule has 242 valence electrons. The molecule has 0 bridgehead atoms. The Labute approximate surface area is 270 Å². The number of nitrogens with two attached hydrogens (primary N) is 1. The highest BCUT2D eigenvalue weighted by atomic mass is 16.5. The van der Waals surface area contributed by atoms with E-state index >= 15 is 0 Å². The van der Waals surface area contributed by atoms with Crippen molar-refractivity contribution >= 4 is 28.2 Å². The minimum atomic E-state index is 0.0275. The fourth-order valence-electron chi connectivity index (χ4n) is 8.16. The Hall–Kier alpha value is -3.69. The summed E-state index contributed by atoms with van der Waals surface area (Å²) in [5, 5.41) is 6.38. The van der Waals surface area contributed by atoms with Crippen LogP contribution in [0.4, 0.5) is 0 Å². The highest BCUT2D eigenvalue weighted by molar-refractivity contribution is 5.95. The van der Waals surface area contributed by atoms with E-state index in [4.69, 9.17) is 15.6 Å². The van der Waals surface area contributed by atoms with Crippen LogP contribution < -0.4 is 5.73 Å². The summed E-state index contributed by atoms with van der Waals surface area (Å²) in [6.07, 6.45) is 10.0. The molecular formula is C37H46N6O3. The van der Waals surface area contributed by atoms with Gasteiger partial charge in [0.2, 0.25) is 5.91 Å². The van der Waals surface area contributed by atoms with Gasteiger partial charge in [0.15, 0.2) is 0 Å². The summed E-state index contributed by atoms with van der Waals surface area (Å²) in [4.78, 5) is 30.6. The Morgan fingerprint density at radius 3 is 2.52 bits per heavy atom. The van der Waals surface area contributed by atoms with Crippen molar-refractivity contribution in [2.24, 2.45) is 17.6 Å². The van der Waals surface area contributed by atoms with E-state index in [1.807, 2.05) is 27.7 Å². The molecule has 2 amide bonds. The summed E-state index contributed by atoms with van der Waals surface area (Å²) in [5.74, 6) is 1.59. The highest BCUT2D eigenvalue weighted by Gasteiger charge is 2.32. The summed E-state index contributed by atoms with van der Waals surface area (Å²) in [7, 11) is 0. The van der Waals surface area contributed by atoms with Gasteiger partial charge in [0.25, 0.3) is 5.91 Å². The molecule has 4 fully saturated rings. The molecule has 2 N–H and O–H groups in total. The van der Waals surface area contributed by atoms with Crippen LogP contribution in [0.25, 0.3) is 27.8 Å². The lowest BCUT2D eigenvalue weighted by Gasteiger charge is -2.35. The topological polar surface area (TPSA) is 98.1 Å². The van der Waals surface area contributed by atoms with E-state index in [0.717, 1.165) is 87.2 Å². The van der Waals surface area contributed by atoms with E-state index in [-0.39, 0.29) is 17.9 Å². The number of piperidine rings is 2. The number of aromatic nitrogens is 3. The average molecular weight is 623 g/mol. The predicted molar refractivity (Wildman–Crippen MR) is 179 cm³/mol. The Morgan fingerprint density at radius 2 is 1.76 bits per heavy atom. The second-order valence-electron chi connectivity index (χ2n) is 14.2. The number of rotatable bonds is 6. The smallest absolute Gasteiger partial charge is 0.255 e. The summed E-state index contributed by atoms with van der Waals surface area (Å²) >= 11 is 0. The van der Waals surface area contributed by atoms with E-state index in [1.165, 1.54) is 29.3 Å². The molecule has 1 saturated carbocycles. The van der Waals surface area contributed by atoms with Gasteiger partial charge in [-0.2, -0.15) is 5.10 Å². The molecule has 3 saturated heterocycles. The molecule has 4 aliphatic rings. The molecule has 3 aliphatic heterocycles. The van der Waals surface area contributed by atoms with Gasteiger partial charge in [0, 0.05) is 75.0 Å². The van der Waals surface area contributed by atoms with Crippen molar-refractivity contribution in [1.29, 1.82) is 0 Å². The molecule has 1 aromatic carbocycles. The summed E-state index contributed by atoms with van der Waals surface area (Å²) < 4.78 is 9.93. The fourth-order valence-corrected chi connectivity index (χ4v) is 8.16. The molecule has 0 spiro atoms. The third-order valence-corrected chi connectivity index (χ3v) is 11.0. The van der Waals surface area contributed by atoms with Crippen LogP contribution in [0.15, 0.2) is 42.6 Å². The highest BCUT2D eigenvalue weighted by Crippen LogP contribution is 2.41. The Morgan fingerprint density at radius 1 is 0.957 bits per heavy atom. The molecular weight excluding hydrogens is 576 g/mol. The zero-order valence-corrected chi connectivity index (χ0v) is 27.0. The number of carbonyl (C=O) groups excluding carboxylic acids is 2. The number of amides is 2. The predicted octanol–water partition coefficient (Wildman–Crippen LogP) is 5.37. The van der Waals surface area contributed by atoms with E-state index in [9.17, 15) is 9.59 Å². The van der Waals surface area contributed by atoms with Crippen LogP contribution in [0.2, 0.25) is 0 Å². The minimum Gasteiger partial charge on any atom is -0.381 e. The van der Waals surface area contributed by atoms with E-state index in [1.54, 1.807) is 0 Å². The van der Waals surface area contributed by atoms with E-state index in [2.05, 4.69) is 40.7 Å². The lowest BCUT2D eigenvalue weighted by molar-refractivity contribution is -0.139. The van der Waals surface area contributed by atoms with Gasteiger partial charge in [-0.15, -0.1) is 0 Å². The molecule has 1 aliphatic carbocycles. The minimum absolute atomic E-state index is 0.0275. The van der Waals surface area contributed by atoms with Crippen molar-refractivity contribution in [2.45, 2.75) is 76.8 Å². The van der Waals surface area contributed by atoms with Gasteiger partial charge in [0.1, 0.15) is 5.69 Å². The molecule has 9 nitrogen and oxygen atoms in total. The fraction of sp³-hybridized carbons (Fsp3) is 0.541. The lowest BCUT2D eigenvalue weighted by Crippen LogP contribution is -2.45. The van der Waals surface area contributed by atoms with Crippen LogP contribution in [0.3, 0.4) is 0 Å². The Bertz CT molecular complexity index is 1770. The maximum absolute atomic E-state index is 13.4. The van der Waals surface area contributed by atoms with Crippen molar-refractivity contribution in [3.8, 4) is 11.4 Å². The van der Waals surface area contributed by atoms with Crippen LogP contribution >= 0.6 is 0 Å². The van der Waals surface area contributed by atoms with Gasteiger partial charge >= 0.3 is 0 Å². The standard InChI is InChI=1S/C37H46N6O3/c1-24-32-10-9-29(37(45)41-15-3-5-30(38)23-41)22-43(32)39-34(24)33-20-28-4-2-6-31(35(28)42(33)21-25-7-8-25)26-11-16-40(17-12-26)36(44)27-13-18-46-19-14-27/h2,4,6,9-10,20,22,25-27,30H,3,5,7-8,11-19,21,23,38H2,1H3/t30-/m1/s1. The molecule has 3 aromatic heterocycles. The maximum atomic E-state index is 13.4. The number of fused-ring (bicyclic) bond motifs is 2. The van der Waals surface area contributed by atoms with Crippen molar-refractivity contribution in [3.05, 3.63) is 59.3 Å². The number of ether oxygens (including phenoxy) is 1. The Kier molecular flexibility index (Phi) is 7.85. The molecule has 46 heavy (non-hydrogen) atoms. The van der Waals surface area contributed by atoms with Gasteiger partial charge in [-0.3, -0.25) is 9.59 Å². The van der Waals surface area contributed by atoms with E-state index in [0.29, 0.717) is 43.1 Å². The average Bonchev–Trinajstić information content (AvgIpc) is 3.76. The first kappa shape index (κ1) is 29.7. The summed E-state index contributed by atoms with van der Waals surface area (Å²) in [6, 6.07) is 13.1. The summed E-state index contributed by atoms with van der Waals surface area (Å²) in [5.41, 5.74) is 13.8. The van der Waals surface area contributed by atoms with Crippen LogP contribution in [-0.2, 0) is 16.1 Å². The van der Waals surface area contributed by atoms with Gasteiger partial charge in [0.05, 0.1) is 22.3 Å². The number of carbonyl (C=O) groups is 2. The van der Waals surface area contributed by atoms with Crippen molar-refractivity contribution < 1.29 is 14.3 Å². The SMILES string of the molecule is Cc1c(-c2cc3cccc(C4CCN(C(=O)C5CCOCC5)CC4)c3n2CC2CC2)nn2cc(C(=O)N3CCC[C@@H](N)C3)ccc12. The van der Waals surface area contributed by atoms with Gasteiger partial charge in [-0.25, -0.2) is 4.52 Å². The van der Waals surface area contributed by atoms with Crippen LogP contribution in [-0.4, -0.2) is 81.2 Å². The molecule has 0 radical (unpaired) electrons. The number of hydrogen-bond donors (Lipinski definition) is 1. The van der Waals surface area contributed by atoms with Crippen LogP contribution in [0, 0.1) is 18.8 Å². The van der Waals surface area contributed by atoms with Crippen LogP contribution in [0.5, 0.6) is 0 Å². The third kappa shape index (κ3) is 5.51. The summed E-state index contributed by atoms with van der Waals surface area (Å²) in [6.45, 7) is 7.55. The Balaban J connectivity index is 1.11. The van der Waals surface area contributed by atoms with E-state index < -0.39 is 0 Å². The molecule has 4 aromatic rings. The largest absolute Gasteiger partial charge is 0.381 e. The van der Waals surface area contributed by atoms with Crippen LogP contribution in [0.1, 0.15) is 78.8 Å². The zero-order chi connectivity index (χ0) is 31.4. The monoisotopic (exact) mass is 622 g/mol. The first-order chi connectivity index (χ1) is 22.4. The van der Waals surface area contributed by atoms with Gasteiger partial charge in [-0.1, -0.05) is 18.2 Å². The molecule has 1 atom stereocenters. The number of likely N-dealkylation sites (tertiary alicyclic amines) is 2. The van der Waals surface area contributed by atoms with Crippen molar-refractivity contribution in [3.63, 3.8) is 0 Å². The second kappa shape index (κ2) is 12.2. The lowest BCUT2D eigenvalue weighted by atomic mass is 9.87. The molecule has 9 heteroatoms. The number of benzene rings is 1. The van der Waals surface area contributed by atoms with Gasteiger partial charge in [-0.05, 0) is 93.9 Å². The first-order valence-electron chi connectivity index (χ1n) is 17.5. The number of para-hydroxylation sites is 1. The first-order valence-corrected chi connectivity index (χ1v) is 17.5. The normalized spacial score (nSPS) is 21.8. The van der Waals surface area contributed by atoms with Gasteiger partial charge < -0.3 is 24.8 Å². The van der Waals surface area contributed by atoms with Crippen molar-refractivity contribution in [2.75, 3.05) is 39.4 Å². The molecule has 8 rings (SSSR count). The number of pyridine rings is 1. The van der Waals surface area contributed by atoms with Crippen molar-refractivity contribution in [1.82, 2.24) is 24.0 Å². The zero-order valence-electron chi connectivity index (χ0n) is 27.0. The second-order valence-corrected chi connectivity index (χ2v) is 14.2.